The molecule has 2 N–H and O–H groups in total. The number of aromatic nitrogens is 3. The van der Waals surface area contributed by atoms with Crippen molar-refractivity contribution in [2.24, 2.45) is 7.05 Å². The standard InChI is InChI=1S/C8H11N5O/c1-12(6-4-3-5-14-6)8-11-10-7(9)13(8)2/h3-5H,1-2H3,(H2,9,10). The molecule has 0 unspecified atom stereocenters. The van der Waals surface area contributed by atoms with Gasteiger partial charge in [-0.3, -0.25) is 9.47 Å². The number of nitrogen functional groups attached to an aromatic ring is 1. The highest BCUT2D eigenvalue weighted by Gasteiger charge is 2.13. The summed E-state index contributed by atoms with van der Waals surface area (Å²) in [6.45, 7) is 0. The van der Waals surface area contributed by atoms with Gasteiger partial charge in [-0.2, -0.15) is 0 Å². The molecule has 2 aromatic heterocycles. The molecule has 2 rings (SSSR count). The molecule has 6 nitrogen and oxygen atoms in total. The Kier molecular flexibility index (Phi) is 1.88. The first-order valence-corrected chi connectivity index (χ1v) is 4.12. The Morgan fingerprint density at radius 3 is 2.79 bits per heavy atom. The van der Waals surface area contributed by atoms with Gasteiger partial charge in [0, 0.05) is 20.2 Å². The molecule has 0 fully saturated rings. The van der Waals surface area contributed by atoms with Crippen molar-refractivity contribution in [2.75, 3.05) is 17.7 Å². The van der Waals surface area contributed by atoms with Crippen molar-refractivity contribution < 1.29 is 4.42 Å². The fraction of sp³-hybridized carbons (Fsp3) is 0.250. The Labute approximate surface area is 80.9 Å². The molecule has 74 valence electrons. The Morgan fingerprint density at radius 1 is 1.50 bits per heavy atom. The van der Waals surface area contributed by atoms with E-state index in [2.05, 4.69) is 10.2 Å². The molecule has 2 aromatic rings. The molecule has 0 saturated carbocycles. The van der Waals surface area contributed by atoms with Crippen LogP contribution in [0.2, 0.25) is 0 Å². The summed E-state index contributed by atoms with van der Waals surface area (Å²) in [6, 6.07) is 3.65. The van der Waals surface area contributed by atoms with Crippen LogP contribution in [0.5, 0.6) is 0 Å². The Morgan fingerprint density at radius 2 is 2.29 bits per heavy atom. The summed E-state index contributed by atoms with van der Waals surface area (Å²) in [5.41, 5.74) is 5.56. The summed E-state index contributed by atoms with van der Waals surface area (Å²) in [5, 5.41) is 7.68. The topological polar surface area (TPSA) is 73.1 Å². The number of rotatable bonds is 2. The van der Waals surface area contributed by atoms with Crippen LogP contribution in [0.1, 0.15) is 0 Å². The smallest absolute Gasteiger partial charge is 0.235 e. The van der Waals surface area contributed by atoms with Crippen molar-refractivity contribution in [3.63, 3.8) is 0 Å². The van der Waals surface area contributed by atoms with Gasteiger partial charge in [-0.25, -0.2) is 0 Å². The number of hydrogen-bond donors (Lipinski definition) is 1. The monoisotopic (exact) mass is 193 g/mol. The van der Waals surface area contributed by atoms with Gasteiger partial charge in [-0.15, -0.1) is 10.2 Å². The van der Waals surface area contributed by atoms with E-state index in [4.69, 9.17) is 10.2 Å². The van der Waals surface area contributed by atoms with Crippen molar-refractivity contribution in [3.8, 4) is 0 Å². The SMILES string of the molecule is CN(c1ccco1)c1nnc(N)n1C. The van der Waals surface area contributed by atoms with Gasteiger partial charge in [-0.05, 0) is 6.07 Å². The third kappa shape index (κ3) is 1.20. The highest BCUT2D eigenvalue weighted by Crippen LogP contribution is 2.21. The maximum atomic E-state index is 5.56. The zero-order valence-electron chi connectivity index (χ0n) is 8.01. The second-order valence-electron chi connectivity index (χ2n) is 2.93. The minimum absolute atomic E-state index is 0.374. The fourth-order valence-electron chi connectivity index (χ4n) is 1.18. The Hall–Kier alpha value is -1.98. The average Bonchev–Trinajstić information content (AvgIpc) is 2.77. The minimum Gasteiger partial charge on any atom is -0.448 e. The van der Waals surface area contributed by atoms with Crippen molar-refractivity contribution in [2.45, 2.75) is 0 Å². The summed E-state index contributed by atoms with van der Waals surface area (Å²) in [6.07, 6.45) is 1.60. The summed E-state index contributed by atoms with van der Waals surface area (Å²) < 4.78 is 6.90. The first-order valence-electron chi connectivity index (χ1n) is 4.12. The molecule has 0 radical (unpaired) electrons. The van der Waals surface area contributed by atoms with Gasteiger partial charge in [0.05, 0.1) is 6.26 Å². The zero-order valence-corrected chi connectivity index (χ0v) is 8.01. The van der Waals surface area contributed by atoms with Gasteiger partial charge >= 0.3 is 0 Å². The minimum atomic E-state index is 0.374. The number of anilines is 3. The maximum Gasteiger partial charge on any atom is 0.235 e. The molecule has 0 bridgehead atoms. The van der Waals surface area contributed by atoms with E-state index < -0.39 is 0 Å². The predicted octanol–water partition coefficient (Wildman–Crippen LogP) is 0.758. The van der Waals surface area contributed by atoms with Crippen LogP contribution in [0.15, 0.2) is 22.8 Å². The predicted molar refractivity (Wildman–Crippen MR) is 52.2 cm³/mol. The average molecular weight is 193 g/mol. The normalized spacial score (nSPS) is 10.4. The molecular formula is C8H11N5O. The molecule has 0 aromatic carbocycles. The largest absolute Gasteiger partial charge is 0.448 e. The third-order valence-electron chi connectivity index (χ3n) is 2.02. The molecule has 6 heteroatoms. The van der Waals surface area contributed by atoms with E-state index >= 15 is 0 Å². The molecule has 0 atom stereocenters. The van der Waals surface area contributed by atoms with Crippen LogP contribution < -0.4 is 10.6 Å². The Balaban J connectivity index is 2.36. The molecule has 0 aliphatic carbocycles. The molecule has 14 heavy (non-hydrogen) atoms. The second kappa shape index (κ2) is 3.06. The van der Waals surface area contributed by atoms with Gasteiger partial charge < -0.3 is 10.2 Å². The van der Waals surface area contributed by atoms with E-state index in [0.717, 1.165) is 0 Å². The molecular weight excluding hydrogens is 182 g/mol. The van der Waals surface area contributed by atoms with E-state index in [1.54, 1.807) is 22.8 Å². The number of nitrogens with two attached hydrogens (primary N) is 1. The first kappa shape index (κ1) is 8.61. The summed E-state index contributed by atoms with van der Waals surface area (Å²) >= 11 is 0. The van der Waals surface area contributed by atoms with E-state index in [-0.39, 0.29) is 0 Å². The highest BCUT2D eigenvalue weighted by molar-refractivity contribution is 5.50. The molecule has 0 aliphatic rings. The molecule has 2 heterocycles. The third-order valence-corrected chi connectivity index (χ3v) is 2.02. The van der Waals surface area contributed by atoms with E-state index in [0.29, 0.717) is 17.8 Å². The quantitative estimate of drug-likeness (QED) is 0.762. The van der Waals surface area contributed by atoms with Gasteiger partial charge in [0.2, 0.25) is 17.8 Å². The molecule has 0 saturated heterocycles. The fourth-order valence-corrected chi connectivity index (χ4v) is 1.18. The van der Waals surface area contributed by atoms with E-state index in [9.17, 15) is 0 Å². The molecule has 0 aliphatic heterocycles. The van der Waals surface area contributed by atoms with Crippen LogP contribution >= 0.6 is 0 Å². The van der Waals surface area contributed by atoms with Gasteiger partial charge in [-0.1, -0.05) is 0 Å². The Bertz CT molecular complexity index is 419. The lowest BCUT2D eigenvalue weighted by Crippen LogP contribution is -2.14. The van der Waals surface area contributed by atoms with Crippen LogP contribution in [-0.4, -0.2) is 21.8 Å². The maximum absolute atomic E-state index is 5.56. The number of hydrogen-bond acceptors (Lipinski definition) is 5. The van der Waals surface area contributed by atoms with Crippen molar-refractivity contribution in [1.82, 2.24) is 14.8 Å². The van der Waals surface area contributed by atoms with E-state index in [1.165, 1.54) is 0 Å². The van der Waals surface area contributed by atoms with Crippen LogP contribution in [0.25, 0.3) is 0 Å². The number of nitrogens with zero attached hydrogens (tertiary/aromatic N) is 4. The van der Waals surface area contributed by atoms with Gasteiger partial charge in [0.25, 0.3) is 0 Å². The first-order chi connectivity index (χ1) is 6.70. The van der Waals surface area contributed by atoms with Crippen LogP contribution in [0.4, 0.5) is 17.8 Å². The van der Waals surface area contributed by atoms with Crippen molar-refractivity contribution >= 4 is 17.8 Å². The zero-order chi connectivity index (χ0) is 10.1. The van der Waals surface area contributed by atoms with E-state index in [1.807, 2.05) is 19.2 Å². The molecule has 0 amide bonds. The summed E-state index contributed by atoms with van der Waals surface area (Å²) in [5.74, 6) is 1.70. The van der Waals surface area contributed by atoms with Crippen molar-refractivity contribution in [3.05, 3.63) is 18.4 Å². The lowest BCUT2D eigenvalue weighted by atomic mass is 10.6. The summed E-state index contributed by atoms with van der Waals surface area (Å²) in [7, 11) is 3.63. The molecule has 0 spiro atoms. The van der Waals surface area contributed by atoms with Gasteiger partial charge in [0.15, 0.2) is 0 Å². The van der Waals surface area contributed by atoms with Crippen LogP contribution in [0.3, 0.4) is 0 Å². The van der Waals surface area contributed by atoms with Crippen LogP contribution in [-0.2, 0) is 7.05 Å². The lowest BCUT2D eigenvalue weighted by Gasteiger charge is -2.13. The second-order valence-corrected chi connectivity index (χ2v) is 2.93. The highest BCUT2D eigenvalue weighted by atomic mass is 16.3. The van der Waals surface area contributed by atoms with Crippen molar-refractivity contribution in [1.29, 1.82) is 0 Å². The van der Waals surface area contributed by atoms with Crippen LogP contribution in [0, 0.1) is 0 Å². The lowest BCUT2D eigenvalue weighted by molar-refractivity contribution is 0.566. The number of furan rings is 1. The van der Waals surface area contributed by atoms with Gasteiger partial charge in [0.1, 0.15) is 0 Å². The summed E-state index contributed by atoms with van der Waals surface area (Å²) in [4.78, 5) is 1.77.